The minimum Gasteiger partial charge on any atom is -0.388 e. The average molecular weight is 298 g/mol. The topological polar surface area (TPSA) is 78.4 Å². The van der Waals surface area contributed by atoms with E-state index in [0.29, 0.717) is 6.54 Å². The Hall–Kier alpha value is -1.11. The molecule has 0 heterocycles. The maximum atomic E-state index is 11.6. The van der Waals surface area contributed by atoms with Gasteiger partial charge in [0.2, 0.25) is 10.0 Å². The lowest BCUT2D eigenvalue weighted by molar-refractivity contribution is 0.0167. The van der Waals surface area contributed by atoms with Crippen LogP contribution in [0.1, 0.15) is 32.1 Å². The molecule has 1 aromatic rings. The van der Waals surface area contributed by atoms with Gasteiger partial charge in [-0.3, -0.25) is 0 Å². The number of hydrogen-bond donors (Lipinski definition) is 3. The third-order valence-electron chi connectivity index (χ3n) is 3.84. The zero-order chi connectivity index (χ0) is 14.6. The van der Waals surface area contributed by atoms with Crippen molar-refractivity contribution in [1.82, 2.24) is 4.72 Å². The lowest BCUT2D eigenvalue weighted by atomic mass is 9.85. The van der Waals surface area contributed by atoms with Crippen molar-refractivity contribution in [2.24, 2.45) is 0 Å². The highest BCUT2D eigenvalue weighted by atomic mass is 32.2. The second-order valence-electron chi connectivity index (χ2n) is 5.37. The summed E-state index contributed by atoms with van der Waals surface area (Å²) in [4.78, 5) is 0.238. The van der Waals surface area contributed by atoms with Crippen molar-refractivity contribution >= 4 is 15.7 Å². The number of anilines is 1. The van der Waals surface area contributed by atoms with Crippen molar-refractivity contribution in [3.05, 3.63) is 24.3 Å². The molecule has 2 rings (SSSR count). The molecule has 1 aliphatic carbocycles. The van der Waals surface area contributed by atoms with Gasteiger partial charge in [0.25, 0.3) is 0 Å². The van der Waals surface area contributed by atoms with Gasteiger partial charge in [-0.2, -0.15) is 0 Å². The fourth-order valence-electron chi connectivity index (χ4n) is 2.52. The van der Waals surface area contributed by atoms with Gasteiger partial charge in [0, 0.05) is 12.2 Å². The molecule has 0 radical (unpaired) electrons. The average Bonchev–Trinajstić information content (AvgIpc) is 2.46. The molecule has 3 N–H and O–H groups in total. The molecule has 0 unspecified atom stereocenters. The van der Waals surface area contributed by atoms with Gasteiger partial charge in [-0.1, -0.05) is 19.3 Å². The van der Waals surface area contributed by atoms with Crippen molar-refractivity contribution in [1.29, 1.82) is 0 Å². The van der Waals surface area contributed by atoms with Crippen LogP contribution >= 0.6 is 0 Å². The molecular formula is C14H22N2O3S. The summed E-state index contributed by atoms with van der Waals surface area (Å²) in [6.45, 7) is 0.505. The highest BCUT2D eigenvalue weighted by molar-refractivity contribution is 7.89. The number of rotatable bonds is 5. The van der Waals surface area contributed by atoms with Crippen LogP contribution in [0.2, 0.25) is 0 Å². The summed E-state index contributed by atoms with van der Waals surface area (Å²) in [5.41, 5.74) is 0.188. The molecule has 0 bridgehead atoms. The molecule has 20 heavy (non-hydrogen) atoms. The fourth-order valence-corrected chi connectivity index (χ4v) is 3.25. The summed E-state index contributed by atoms with van der Waals surface area (Å²) in [6.07, 6.45) is 4.98. The fraction of sp³-hybridized carbons (Fsp3) is 0.571. The van der Waals surface area contributed by atoms with Crippen LogP contribution in [0.3, 0.4) is 0 Å². The van der Waals surface area contributed by atoms with Crippen molar-refractivity contribution in [3.8, 4) is 0 Å². The monoisotopic (exact) mass is 298 g/mol. The highest BCUT2D eigenvalue weighted by Crippen LogP contribution is 2.28. The van der Waals surface area contributed by atoms with E-state index in [1.165, 1.54) is 13.5 Å². The standard InChI is InChI=1S/C14H22N2O3S/c1-15-20(18,19)13-7-5-12(6-8-13)16-11-14(17)9-3-2-4-10-14/h5-8,15-17H,2-4,9-11H2,1H3. The molecule has 112 valence electrons. The summed E-state index contributed by atoms with van der Waals surface area (Å²) < 4.78 is 25.5. The van der Waals surface area contributed by atoms with Crippen LogP contribution in [-0.4, -0.2) is 32.7 Å². The Kier molecular flexibility index (Phi) is 4.67. The number of nitrogens with one attached hydrogen (secondary N) is 2. The first-order chi connectivity index (χ1) is 9.45. The van der Waals surface area contributed by atoms with Crippen LogP contribution in [0.4, 0.5) is 5.69 Å². The van der Waals surface area contributed by atoms with Gasteiger partial charge >= 0.3 is 0 Å². The van der Waals surface area contributed by atoms with Crippen LogP contribution in [0.5, 0.6) is 0 Å². The van der Waals surface area contributed by atoms with Crippen molar-refractivity contribution in [3.63, 3.8) is 0 Å². The summed E-state index contributed by atoms with van der Waals surface area (Å²) in [7, 11) is -2.00. The van der Waals surface area contributed by atoms with E-state index in [1.807, 2.05) is 0 Å². The molecule has 0 spiro atoms. The van der Waals surface area contributed by atoms with E-state index in [9.17, 15) is 13.5 Å². The number of benzene rings is 1. The van der Waals surface area contributed by atoms with E-state index < -0.39 is 15.6 Å². The number of sulfonamides is 1. The highest BCUT2D eigenvalue weighted by Gasteiger charge is 2.28. The first-order valence-electron chi connectivity index (χ1n) is 6.95. The van der Waals surface area contributed by atoms with E-state index in [4.69, 9.17) is 0 Å². The van der Waals surface area contributed by atoms with Crippen LogP contribution in [0.15, 0.2) is 29.2 Å². The maximum absolute atomic E-state index is 11.6. The normalized spacial score (nSPS) is 18.7. The Balaban J connectivity index is 1.97. The first-order valence-corrected chi connectivity index (χ1v) is 8.43. The van der Waals surface area contributed by atoms with Crippen molar-refractivity contribution in [2.45, 2.75) is 42.6 Å². The van der Waals surface area contributed by atoms with Gasteiger partial charge < -0.3 is 10.4 Å². The third kappa shape index (κ3) is 3.71. The molecule has 1 aliphatic rings. The molecule has 0 atom stereocenters. The predicted octanol–water partition coefficient (Wildman–Crippen LogP) is 1.70. The molecule has 1 fully saturated rings. The Labute approximate surface area is 120 Å². The summed E-state index contributed by atoms with van der Waals surface area (Å²) in [6, 6.07) is 6.55. The molecule has 0 amide bonds. The molecule has 5 nitrogen and oxygen atoms in total. The Bertz CT molecular complexity index is 534. The van der Waals surface area contributed by atoms with Crippen LogP contribution in [-0.2, 0) is 10.0 Å². The molecule has 6 heteroatoms. The van der Waals surface area contributed by atoms with Crippen molar-refractivity contribution < 1.29 is 13.5 Å². The molecule has 0 aliphatic heterocycles. The van der Waals surface area contributed by atoms with E-state index in [0.717, 1.165) is 31.4 Å². The van der Waals surface area contributed by atoms with E-state index in [-0.39, 0.29) is 4.90 Å². The lowest BCUT2D eigenvalue weighted by Crippen LogP contribution is -2.38. The Morgan fingerprint density at radius 2 is 1.75 bits per heavy atom. The number of aliphatic hydroxyl groups is 1. The second-order valence-corrected chi connectivity index (χ2v) is 7.26. The largest absolute Gasteiger partial charge is 0.388 e. The summed E-state index contributed by atoms with van der Waals surface area (Å²) >= 11 is 0. The second kappa shape index (κ2) is 6.11. The molecule has 1 saturated carbocycles. The molecule has 0 saturated heterocycles. The quantitative estimate of drug-likeness (QED) is 0.773. The zero-order valence-electron chi connectivity index (χ0n) is 11.7. The molecule has 1 aromatic carbocycles. The minimum absolute atomic E-state index is 0.238. The van der Waals surface area contributed by atoms with E-state index in [1.54, 1.807) is 24.3 Å². The zero-order valence-corrected chi connectivity index (χ0v) is 12.5. The smallest absolute Gasteiger partial charge is 0.240 e. The first kappa shape index (κ1) is 15.3. The molecule has 0 aromatic heterocycles. The van der Waals surface area contributed by atoms with Gasteiger partial charge in [0.15, 0.2) is 0 Å². The predicted molar refractivity (Wildman–Crippen MR) is 79.2 cm³/mol. The van der Waals surface area contributed by atoms with Gasteiger partial charge in [-0.05, 0) is 44.2 Å². The van der Waals surface area contributed by atoms with Crippen molar-refractivity contribution in [2.75, 3.05) is 18.9 Å². The molecular weight excluding hydrogens is 276 g/mol. The van der Waals surface area contributed by atoms with Crippen LogP contribution in [0, 0.1) is 0 Å². The summed E-state index contributed by atoms with van der Waals surface area (Å²) in [5, 5.41) is 13.6. The Morgan fingerprint density at radius 1 is 1.15 bits per heavy atom. The van der Waals surface area contributed by atoms with Gasteiger partial charge in [0.05, 0.1) is 10.5 Å². The van der Waals surface area contributed by atoms with Gasteiger partial charge in [-0.25, -0.2) is 13.1 Å². The van der Waals surface area contributed by atoms with Gasteiger partial charge in [-0.15, -0.1) is 0 Å². The SMILES string of the molecule is CNS(=O)(=O)c1ccc(NCC2(O)CCCCC2)cc1. The third-order valence-corrected chi connectivity index (χ3v) is 5.27. The summed E-state index contributed by atoms with van der Waals surface area (Å²) in [5.74, 6) is 0. The van der Waals surface area contributed by atoms with Gasteiger partial charge in [0.1, 0.15) is 0 Å². The lowest BCUT2D eigenvalue weighted by Gasteiger charge is -2.32. The Morgan fingerprint density at radius 3 is 2.30 bits per heavy atom. The van der Waals surface area contributed by atoms with Crippen LogP contribution < -0.4 is 10.0 Å². The number of hydrogen-bond acceptors (Lipinski definition) is 4. The minimum atomic E-state index is -3.39. The van der Waals surface area contributed by atoms with E-state index >= 15 is 0 Å². The van der Waals surface area contributed by atoms with E-state index in [2.05, 4.69) is 10.0 Å². The van der Waals surface area contributed by atoms with Crippen LogP contribution in [0.25, 0.3) is 0 Å². The maximum Gasteiger partial charge on any atom is 0.240 e.